The van der Waals surface area contributed by atoms with Crippen molar-refractivity contribution >= 4 is 0 Å². The Morgan fingerprint density at radius 1 is 1.35 bits per heavy atom. The van der Waals surface area contributed by atoms with Gasteiger partial charge in [-0.2, -0.15) is 0 Å². The van der Waals surface area contributed by atoms with Crippen molar-refractivity contribution in [1.82, 2.24) is 14.9 Å². The highest BCUT2D eigenvalue weighted by atomic mass is 16.5. The zero-order valence-electron chi connectivity index (χ0n) is 14.4. The minimum Gasteiger partial charge on any atom is -0.387 e. The molecule has 23 heavy (non-hydrogen) atoms. The van der Waals surface area contributed by atoms with Gasteiger partial charge in [-0.05, 0) is 26.7 Å². The molecule has 0 radical (unpaired) electrons. The molecular formula is C17H29N3O3. The molecule has 1 aromatic rings. The molecule has 0 bridgehead atoms. The molecule has 0 saturated carbocycles. The number of imidazole rings is 1. The molecule has 1 spiro atoms. The molecular weight excluding hydrogens is 294 g/mol. The summed E-state index contributed by atoms with van der Waals surface area (Å²) in [5, 5.41) is 20.9. The van der Waals surface area contributed by atoms with Crippen LogP contribution in [0.3, 0.4) is 0 Å². The number of aliphatic hydroxyl groups is 2. The van der Waals surface area contributed by atoms with E-state index in [0.29, 0.717) is 13.0 Å². The summed E-state index contributed by atoms with van der Waals surface area (Å²) in [6, 6.07) is 0. The first-order valence-corrected chi connectivity index (χ1v) is 8.67. The maximum atomic E-state index is 10.6. The highest BCUT2D eigenvalue weighted by Gasteiger charge is 2.52. The third kappa shape index (κ3) is 3.18. The molecule has 2 atom stereocenters. The summed E-state index contributed by atoms with van der Waals surface area (Å²) in [6.07, 6.45) is 2.08. The van der Waals surface area contributed by atoms with Crippen molar-refractivity contribution in [3.05, 3.63) is 17.2 Å². The Labute approximate surface area is 137 Å². The summed E-state index contributed by atoms with van der Waals surface area (Å²) < 4.78 is 5.94. The van der Waals surface area contributed by atoms with Crippen LogP contribution in [0.25, 0.3) is 0 Å². The molecule has 6 nitrogen and oxygen atoms in total. The van der Waals surface area contributed by atoms with E-state index in [-0.39, 0.29) is 0 Å². The number of ether oxygens (including phenoxy) is 1. The van der Waals surface area contributed by atoms with Crippen molar-refractivity contribution in [2.45, 2.75) is 70.3 Å². The van der Waals surface area contributed by atoms with E-state index in [1.807, 2.05) is 0 Å². The van der Waals surface area contributed by atoms with Crippen LogP contribution in [-0.2, 0) is 17.7 Å². The number of aromatic amines is 1. The van der Waals surface area contributed by atoms with Gasteiger partial charge in [0.25, 0.3) is 0 Å². The van der Waals surface area contributed by atoms with E-state index in [1.54, 1.807) is 6.92 Å². The molecule has 2 aliphatic heterocycles. The number of aromatic nitrogens is 2. The number of likely N-dealkylation sites (tertiary alicyclic amines) is 1. The van der Waals surface area contributed by atoms with Gasteiger partial charge in [-0.3, -0.25) is 4.90 Å². The molecule has 2 aliphatic rings. The zero-order chi connectivity index (χ0) is 16.7. The lowest BCUT2D eigenvalue weighted by Gasteiger charge is -2.51. The number of aryl methyl sites for hydroxylation is 2. The number of nitrogens with zero attached hydrogens (tertiary/aromatic N) is 2. The van der Waals surface area contributed by atoms with Crippen LogP contribution in [0.5, 0.6) is 0 Å². The van der Waals surface area contributed by atoms with Crippen molar-refractivity contribution in [3.8, 4) is 0 Å². The second-order valence-electron chi connectivity index (χ2n) is 7.31. The monoisotopic (exact) mass is 323 g/mol. The topological polar surface area (TPSA) is 81.6 Å². The number of H-pyrrole nitrogens is 1. The molecule has 0 aliphatic carbocycles. The van der Waals surface area contributed by atoms with Crippen molar-refractivity contribution in [2.24, 2.45) is 0 Å². The number of rotatable bonds is 3. The summed E-state index contributed by atoms with van der Waals surface area (Å²) >= 11 is 0. The molecule has 130 valence electrons. The first-order chi connectivity index (χ1) is 10.9. The highest BCUT2D eigenvalue weighted by Crippen LogP contribution is 2.39. The van der Waals surface area contributed by atoms with Gasteiger partial charge >= 0.3 is 0 Å². The van der Waals surface area contributed by atoms with E-state index in [9.17, 15) is 10.2 Å². The normalized spacial score (nSPS) is 31.6. The maximum Gasteiger partial charge on any atom is 0.111 e. The predicted molar refractivity (Wildman–Crippen MR) is 87.1 cm³/mol. The van der Waals surface area contributed by atoms with Crippen LogP contribution >= 0.6 is 0 Å². The van der Waals surface area contributed by atoms with Gasteiger partial charge in [0, 0.05) is 38.2 Å². The third-order valence-corrected chi connectivity index (χ3v) is 5.53. The maximum absolute atomic E-state index is 10.6. The van der Waals surface area contributed by atoms with Gasteiger partial charge in [0.05, 0.1) is 23.5 Å². The number of nitrogens with one attached hydrogen (secondary N) is 1. The standard InChI is InChI=1S/C17H29N3O3/c1-4-14-18-12(2)13(19-14)11-20-8-5-17(6-9-20)15(21)16(3,22)7-10-23-17/h15,21-22H,4-11H2,1-3H3,(H,18,19)/t15-,16+/m0/s1. The van der Waals surface area contributed by atoms with E-state index in [2.05, 4.69) is 28.7 Å². The Morgan fingerprint density at radius 3 is 2.65 bits per heavy atom. The SMILES string of the molecule is CCc1nc(CN2CCC3(CC2)OCC[C@@](C)(O)[C@@H]3O)c(C)[nH]1. The van der Waals surface area contributed by atoms with Crippen LogP contribution in [0.15, 0.2) is 0 Å². The second-order valence-corrected chi connectivity index (χ2v) is 7.31. The summed E-state index contributed by atoms with van der Waals surface area (Å²) in [6.45, 7) is 8.92. The van der Waals surface area contributed by atoms with Crippen molar-refractivity contribution < 1.29 is 14.9 Å². The summed E-state index contributed by atoms with van der Waals surface area (Å²) in [5.74, 6) is 1.04. The Bertz CT molecular complexity index is 547. The molecule has 6 heteroatoms. The average molecular weight is 323 g/mol. The van der Waals surface area contributed by atoms with Gasteiger partial charge < -0.3 is 19.9 Å². The lowest BCUT2D eigenvalue weighted by Crippen LogP contribution is -2.64. The van der Waals surface area contributed by atoms with Crippen LogP contribution < -0.4 is 0 Å². The van der Waals surface area contributed by atoms with Gasteiger partial charge in [0.1, 0.15) is 11.9 Å². The van der Waals surface area contributed by atoms with E-state index in [0.717, 1.165) is 56.1 Å². The van der Waals surface area contributed by atoms with Crippen LogP contribution in [0, 0.1) is 6.92 Å². The van der Waals surface area contributed by atoms with Crippen LogP contribution in [0.2, 0.25) is 0 Å². The summed E-state index contributed by atoms with van der Waals surface area (Å²) in [4.78, 5) is 10.3. The highest BCUT2D eigenvalue weighted by molar-refractivity contribution is 5.13. The number of piperidine rings is 1. The number of hydrogen-bond acceptors (Lipinski definition) is 5. The van der Waals surface area contributed by atoms with Gasteiger partial charge in [0.2, 0.25) is 0 Å². The first-order valence-electron chi connectivity index (χ1n) is 8.67. The third-order valence-electron chi connectivity index (χ3n) is 5.53. The minimum atomic E-state index is -1.05. The Kier molecular flexibility index (Phi) is 4.53. The molecule has 3 rings (SSSR count). The first kappa shape index (κ1) is 16.9. The molecule has 1 aromatic heterocycles. The predicted octanol–water partition coefficient (Wildman–Crippen LogP) is 1.15. The zero-order valence-corrected chi connectivity index (χ0v) is 14.4. The molecule has 2 fully saturated rings. The fourth-order valence-electron chi connectivity index (χ4n) is 3.85. The number of aliphatic hydroxyl groups excluding tert-OH is 1. The van der Waals surface area contributed by atoms with Crippen molar-refractivity contribution in [1.29, 1.82) is 0 Å². The van der Waals surface area contributed by atoms with Gasteiger partial charge in [-0.15, -0.1) is 0 Å². The Hall–Kier alpha value is -0.950. The minimum absolute atomic E-state index is 0.492. The molecule has 2 saturated heterocycles. The van der Waals surface area contributed by atoms with Crippen LogP contribution in [-0.4, -0.2) is 62.1 Å². The van der Waals surface area contributed by atoms with Gasteiger partial charge in [0.15, 0.2) is 0 Å². The summed E-state index contributed by atoms with van der Waals surface area (Å²) in [7, 11) is 0. The lowest BCUT2D eigenvalue weighted by molar-refractivity contribution is -0.246. The van der Waals surface area contributed by atoms with Crippen molar-refractivity contribution in [2.75, 3.05) is 19.7 Å². The molecule has 0 amide bonds. The largest absolute Gasteiger partial charge is 0.387 e. The molecule has 3 heterocycles. The average Bonchev–Trinajstić information content (AvgIpc) is 2.87. The Morgan fingerprint density at radius 2 is 2.04 bits per heavy atom. The van der Waals surface area contributed by atoms with E-state index in [4.69, 9.17) is 4.74 Å². The second kappa shape index (κ2) is 6.16. The lowest BCUT2D eigenvalue weighted by atomic mass is 9.75. The molecule has 3 N–H and O–H groups in total. The van der Waals surface area contributed by atoms with Crippen LogP contribution in [0.1, 0.15) is 50.3 Å². The smallest absolute Gasteiger partial charge is 0.111 e. The number of hydrogen-bond donors (Lipinski definition) is 3. The molecule has 0 unspecified atom stereocenters. The Balaban J connectivity index is 1.63. The quantitative estimate of drug-likeness (QED) is 0.777. The van der Waals surface area contributed by atoms with E-state index < -0.39 is 17.3 Å². The molecule has 0 aromatic carbocycles. The van der Waals surface area contributed by atoms with Gasteiger partial charge in [-0.25, -0.2) is 4.98 Å². The van der Waals surface area contributed by atoms with E-state index >= 15 is 0 Å². The van der Waals surface area contributed by atoms with Gasteiger partial charge in [-0.1, -0.05) is 6.92 Å². The summed E-state index contributed by atoms with van der Waals surface area (Å²) in [5.41, 5.74) is 0.608. The fraction of sp³-hybridized carbons (Fsp3) is 0.824. The fourth-order valence-corrected chi connectivity index (χ4v) is 3.85. The van der Waals surface area contributed by atoms with E-state index in [1.165, 1.54) is 0 Å². The van der Waals surface area contributed by atoms with Crippen molar-refractivity contribution in [3.63, 3.8) is 0 Å². The van der Waals surface area contributed by atoms with Crippen LogP contribution in [0.4, 0.5) is 0 Å².